The third-order valence-electron chi connectivity index (χ3n) is 4.93. The predicted octanol–water partition coefficient (Wildman–Crippen LogP) is 5.96. The highest BCUT2D eigenvalue weighted by atomic mass is 28.4. The van der Waals surface area contributed by atoms with Crippen LogP contribution in [-0.4, -0.2) is 48.3 Å². The van der Waals surface area contributed by atoms with Gasteiger partial charge in [0, 0.05) is 6.42 Å². The Bertz CT molecular complexity index is 792. The molecule has 1 aliphatic rings. The molecule has 1 radical (unpaired) electrons. The van der Waals surface area contributed by atoms with Crippen LogP contribution in [0.5, 0.6) is 0 Å². The third kappa shape index (κ3) is 7.44. The van der Waals surface area contributed by atoms with Crippen molar-refractivity contribution in [2.45, 2.75) is 96.9 Å². The van der Waals surface area contributed by atoms with Gasteiger partial charge in [-0.25, -0.2) is 0 Å². The maximum Gasteiger partial charge on any atom is 0.366 e. The minimum atomic E-state index is -2.85. The first kappa shape index (κ1) is 28.1. The van der Waals surface area contributed by atoms with Crippen LogP contribution in [0.3, 0.4) is 0 Å². The van der Waals surface area contributed by atoms with Gasteiger partial charge in [0.15, 0.2) is 25.0 Å². The van der Waals surface area contributed by atoms with E-state index in [-0.39, 0.29) is 0 Å². The van der Waals surface area contributed by atoms with E-state index < -0.39 is 48.3 Å². The van der Waals surface area contributed by atoms with Gasteiger partial charge in [0.2, 0.25) is 0 Å². The molecule has 0 bridgehead atoms. The Labute approximate surface area is 203 Å². The second-order valence-corrected chi connectivity index (χ2v) is 31.2. The van der Waals surface area contributed by atoms with E-state index >= 15 is 0 Å². The first-order valence-electron chi connectivity index (χ1n) is 11.8. The molecule has 0 aromatic heterocycles. The van der Waals surface area contributed by atoms with Crippen molar-refractivity contribution in [3.63, 3.8) is 0 Å². The molecule has 0 aliphatic carbocycles. The summed E-state index contributed by atoms with van der Waals surface area (Å²) in [6.45, 7) is 28.9. The smallest absolute Gasteiger partial charge is 0.366 e. The predicted molar refractivity (Wildman–Crippen MR) is 150 cm³/mol. The van der Waals surface area contributed by atoms with Crippen molar-refractivity contribution in [1.29, 1.82) is 0 Å². The molecule has 1 fully saturated rings. The van der Waals surface area contributed by atoms with Gasteiger partial charge in [-0.2, -0.15) is 0 Å². The summed E-state index contributed by atoms with van der Waals surface area (Å²) in [4.78, 5) is 0. The fourth-order valence-corrected chi connectivity index (χ4v) is 17.3. The normalized spacial score (nSPS) is 22.2. The van der Waals surface area contributed by atoms with Crippen molar-refractivity contribution in [1.82, 2.24) is 0 Å². The fourth-order valence-electron chi connectivity index (χ4n) is 4.42. The zero-order valence-corrected chi connectivity index (χ0v) is 27.3. The highest BCUT2D eigenvalue weighted by molar-refractivity contribution is 6.93. The largest absolute Gasteiger partial charge is 0.433 e. The van der Waals surface area contributed by atoms with Gasteiger partial charge in [0.05, 0.1) is 8.80 Å². The number of hydrogen-bond donors (Lipinski definition) is 0. The third-order valence-corrected chi connectivity index (χ3v) is 15.2. The summed E-state index contributed by atoms with van der Waals surface area (Å²) in [5.41, 5.74) is 1.21. The van der Waals surface area contributed by atoms with Crippen molar-refractivity contribution in [2.75, 3.05) is 0 Å². The summed E-state index contributed by atoms with van der Waals surface area (Å²) in [7, 11) is -9.46. The molecule has 0 N–H and O–H groups in total. The maximum absolute atomic E-state index is 7.22. The molecular formula is C23H45O4Si5. The topological polar surface area (TPSA) is 36.9 Å². The zero-order chi connectivity index (χ0) is 24.6. The standard InChI is InChI=1S/C23H45O4Si5/c1-13-20-16-14-17-21(22(20)28(2)3)32(27-31(10,11)12)19-15-18-23(26-32,24-29(4,5)6)25-30(7,8)9/h13-14,16-17H,1,15,18-19H2,2-12H3. The lowest BCUT2D eigenvalue weighted by Gasteiger charge is -2.51. The molecule has 1 heterocycles. The van der Waals surface area contributed by atoms with Crippen LogP contribution in [0.4, 0.5) is 0 Å². The molecule has 2 rings (SSSR count). The average molecular weight is 526 g/mol. The Morgan fingerprint density at radius 3 is 1.97 bits per heavy atom. The average Bonchev–Trinajstić information content (AvgIpc) is 2.56. The van der Waals surface area contributed by atoms with Gasteiger partial charge < -0.3 is 17.4 Å². The molecule has 181 valence electrons. The highest BCUT2D eigenvalue weighted by Crippen LogP contribution is 2.40. The molecule has 0 amide bonds. The van der Waals surface area contributed by atoms with Gasteiger partial charge in [-0.05, 0) is 82.1 Å². The van der Waals surface area contributed by atoms with Crippen LogP contribution < -0.4 is 10.4 Å². The van der Waals surface area contributed by atoms with Crippen LogP contribution >= 0.6 is 0 Å². The number of rotatable bonds is 9. The molecule has 1 aliphatic heterocycles. The second kappa shape index (κ2) is 9.86. The van der Waals surface area contributed by atoms with Gasteiger partial charge in [-0.15, -0.1) is 0 Å². The first-order valence-corrected chi connectivity index (χ1v) is 26.5. The molecule has 1 saturated heterocycles. The Balaban J connectivity index is 2.75. The van der Waals surface area contributed by atoms with Gasteiger partial charge in [0.1, 0.15) is 0 Å². The molecule has 1 unspecified atom stereocenters. The molecule has 0 spiro atoms. The van der Waals surface area contributed by atoms with Gasteiger partial charge in [-0.1, -0.05) is 49.1 Å². The van der Waals surface area contributed by atoms with E-state index in [1.807, 2.05) is 6.08 Å². The summed E-state index contributed by atoms with van der Waals surface area (Å²) >= 11 is 0. The molecule has 32 heavy (non-hydrogen) atoms. The first-order chi connectivity index (χ1) is 14.4. The number of hydrogen-bond acceptors (Lipinski definition) is 4. The molecule has 1 atom stereocenters. The van der Waals surface area contributed by atoms with Crippen LogP contribution in [0, 0.1) is 0 Å². The summed E-state index contributed by atoms with van der Waals surface area (Å²) in [6, 6.07) is 7.51. The monoisotopic (exact) mass is 525 g/mol. The van der Waals surface area contributed by atoms with Crippen molar-refractivity contribution in [3.8, 4) is 0 Å². The van der Waals surface area contributed by atoms with Gasteiger partial charge in [0.25, 0.3) is 5.97 Å². The van der Waals surface area contributed by atoms with Crippen LogP contribution in [0.15, 0.2) is 24.8 Å². The van der Waals surface area contributed by atoms with Crippen LogP contribution in [0.25, 0.3) is 6.08 Å². The minimum Gasteiger partial charge on any atom is -0.433 e. The van der Waals surface area contributed by atoms with E-state index in [0.29, 0.717) is 0 Å². The fraction of sp³-hybridized carbons (Fsp3) is 0.652. The molecular weight excluding hydrogens is 481 g/mol. The second-order valence-electron chi connectivity index (χ2n) is 12.0. The Morgan fingerprint density at radius 2 is 1.53 bits per heavy atom. The van der Waals surface area contributed by atoms with Crippen molar-refractivity contribution >= 4 is 58.8 Å². The number of benzene rings is 1. The molecule has 4 nitrogen and oxygen atoms in total. The summed E-state index contributed by atoms with van der Waals surface area (Å²) in [5.74, 6) is -1.01. The van der Waals surface area contributed by atoms with E-state index in [1.54, 1.807) is 0 Å². The Hall–Kier alpha value is -0.116. The lowest BCUT2D eigenvalue weighted by Crippen LogP contribution is -2.71. The van der Waals surface area contributed by atoms with Crippen LogP contribution in [-0.2, 0) is 17.4 Å². The lowest BCUT2D eigenvalue weighted by atomic mass is 10.2. The SMILES string of the molecule is C=Cc1cccc([Si]2(O[Si](C)(C)C)CCCC(O[Si](C)(C)C)(O[Si](C)(C)C)O2)c1[Si](C)C. The van der Waals surface area contributed by atoms with Crippen molar-refractivity contribution in [2.24, 2.45) is 0 Å². The van der Waals surface area contributed by atoms with Crippen molar-refractivity contribution in [3.05, 3.63) is 30.3 Å². The highest BCUT2D eigenvalue weighted by Gasteiger charge is 2.57. The molecule has 1 aromatic rings. The van der Waals surface area contributed by atoms with E-state index in [9.17, 15) is 0 Å². The maximum atomic E-state index is 7.22. The Kier molecular flexibility index (Phi) is 8.67. The minimum absolute atomic E-state index is 0.762. The Morgan fingerprint density at radius 1 is 0.969 bits per heavy atom. The molecule has 9 heteroatoms. The summed E-state index contributed by atoms with van der Waals surface area (Å²) in [6.07, 6.45) is 3.73. The van der Waals surface area contributed by atoms with Crippen LogP contribution in [0.1, 0.15) is 18.4 Å². The lowest BCUT2D eigenvalue weighted by molar-refractivity contribution is -0.284. The van der Waals surface area contributed by atoms with E-state index in [1.165, 1.54) is 15.9 Å². The van der Waals surface area contributed by atoms with Gasteiger partial charge in [-0.3, -0.25) is 0 Å². The van der Waals surface area contributed by atoms with E-state index in [4.69, 9.17) is 17.4 Å². The van der Waals surface area contributed by atoms with Crippen molar-refractivity contribution < 1.29 is 17.4 Å². The summed E-state index contributed by atoms with van der Waals surface area (Å²) < 4.78 is 27.9. The van der Waals surface area contributed by atoms with Gasteiger partial charge >= 0.3 is 8.56 Å². The van der Waals surface area contributed by atoms with Crippen LogP contribution in [0.2, 0.25) is 78.1 Å². The molecule has 1 aromatic carbocycles. The molecule has 0 saturated carbocycles. The van der Waals surface area contributed by atoms with E-state index in [2.05, 4.69) is 96.8 Å². The zero-order valence-electron chi connectivity index (χ0n) is 22.3. The quantitative estimate of drug-likeness (QED) is 0.294. The summed E-state index contributed by atoms with van der Waals surface area (Å²) in [5, 5.41) is 2.67. The van der Waals surface area contributed by atoms with E-state index in [0.717, 1.165) is 18.9 Å².